The molecule has 0 radical (unpaired) electrons. The Morgan fingerprint density at radius 1 is 1.64 bits per heavy atom. The summed E-state index contributed by atoms with van der Waals surface area (Å²) in [6, 6.07) is 1.91. The summed E-state index contributed by atoms with van der Waals surface area (Å²) in [7, 11) is 0. The molecule has 1 aromatic heterocycles. The summed E-state index contributed by atoms with van der Waals surface area (Å²) >= 11 is 0. The Hall–Kier alpha value is -1.09. The Kier molecular flexibility index (Phi) is 1.32. The lowest BCUT2D eigenvalue weighted by Crippen LogP contribution is -2.47. The van der Waals surface area contributed by atoms with Crippen LogP contribution in [0.25, 0.3) is 0 Å². The molecule has 0 spiro atoms. The SMILES string of the molecule is O=CC1(c2cc[nH]c2)COC1. The Morgan fingerprint density at radius 2 is 2.45 bits per heavy atom. The Labute approximate surface area is 64.4 Å². The summed E-state index contributed by atoms with van der Waals surface area (Å²) in [5, 5.41) is 0. The first-order valence-electron chi connectivity index (χ1n) is 3.55. The van der Waals surface area contributed by atoms with E-state index in [1.54, 1.807) is 0 Å². The second-order valence-electron chi connectivity index (χ2n) is 2.87. The molecular formula is C8H9NO2. The predicted molar refractivity (Wildman–Crippen MR) is 39.4 cm³/mol. The number of carbonyl (C=O) groups excluding carboxylic acids is 1. The highest BCUT2D eigenvalue weighted by Gasteiger charge is 2.40. The van der Waals surface area contributed by atoms with E-state index in [1.165, 1.54) is 0 Å². The molecule has 0 unspecified atom stereocenters. The first-order chi connectivity index (χ1) is 5.37. The zero-order chi connectivity index (χ0) is 7.73. The number of hydrogen-bond acceptors (Lipinski definition) is 2. The summed E-state index contributed by atoms with van der Waals surface area (Å²) in [6.45, 7) is 1.04. The lowest BCUT2D eigenvalue weighted by Gasteiger charge is -2.35. The molecule has 1 aliphatic rings. The first kappa shape index (κ1) is 6.61. The van der Waals surface area contributed by atoms with Crippen LogP contribution in [0.3, 0.4) is 0 Å². The van der Waals surface area contributed by atoms with Crippen molar-refractivity contribution in [2.75, 3.05) is 13.2 Å². The van der Waals surface area contributed by atoms with Crippen molar-refractivity contribution >= 4 is 6.29 Å². The minimum absolute atomic E-state index is 0.347. The smallest absolute Gasteiger partial charge is 0.135 e. The molecule has 3 nitrogen and oxygen atoms in total. The maximum Gasteiger partial charge on any atom is 0.135 e. The van der Waals surface area contributed by atoms with Crippen LogP contribution in [0, 0.1) is 0 Å². The lowest BCUT2D eigenvalue weighted by molar-refractivity contribution is -0.129. The second kappa shape index (κ2) is 2.20. The van der Waals surface area contributed by atoms with E-state index in [1.807, 2.05) is 18.5 Å². The highest BCUT2D eigenvalue weighted by Crippen LogP contribution is 2.29. The summed E-state index contributed by atoms with van der Waals surface area (Å²) in [4.78, 5) is 13.6. The number of carbonyl (C=O) groups is 1. The van der Waals surface area contributed by atoms with E-state index in [2.05, 4.69) is 4.98 Å². The van der Waals surface area contributed by atoms with Crippen molar-refractivity contribution in [3.63, 3.8) is 0 Å². The monoisotopic (exact) mass is 151 g/mol. The maximum absolute atomic E-state index is 10.7. The van der Waals surface area contributed by atoms with Gasteiger partial charge >= 0.3 is 0 Å². The van der Waals surface area contributed by atoms with E-state index in [0.29, 0.717) is 13.2 Å². The van der Waals surface area contributed by atoms with Crippen LogP contribution >= 0.6 is 0 Å². The van der Waals surface area contributed by atoms with Gasteiger partial charge in [0.25, 0.3) is 0 Å². The van der Waals surface area contributed by atoms with Crippen LogP contribution in [0.2, 0.25) is 0 Å². The first-order valence-corrected chi connectivity index (χ1v) is 3.55. The quantitative estimate of drug-likeness (QED) is 0.625. The van der Waals surface area contributed by atoms with Crippen molar-refractivity contribution in [3.8, 4) is 0 Å². The zero-order valence-electron chi connectivity index (χ0n) is 6.04. The third-order valence-electron chi connectivity index (χ3n) is 2.12. The van der Waals surface area contributed by atoms with Crippen molar-refractivity contribution in [1.29, 1.82) is 0 Å². The summed E-state index contributed by atoms with van der Waals surface area (Å²) in [5.74, 6) is 0. The topological polar surface area (TPSA) is 42.1 Å². The van der Waals surface area contributed by atoms with Crippen LogP contribution in [0.15, 0.2) is 18.5 Å². The van der Waals surface area contributed by atoms with Gasteiger partial charge in [-0.2, -0.15) is 0 Å². The van der Waals surface area contributed by atoms with Gasteiger partial charge in [0.2, 0.25) is 0 Å². The molecule has 3 heteroatoms. The highest BCUT2D eigenvalue weighted by molar-refractivity contribution is 5.70. The van der Waals surface area contributed by atoms with Crippen LogP contribution in [0.5, 0.6) is 0 Å². The van der Waals surface area contributed by atoms with Gasteiger partial charge < -0.3 is 14.5 Å². The molecule has 0 aromatic carbocycles. The van der Waals surface area contributed by atoms with Crippen molar-refractivity contribution in [2.45, 2.75) is 5.41 Å². The number of nitrogens with one attached hydrogen (secondary N) is 1. The fourth-order valence-electron chi connectivity index (χ4n) is 1.26. The van der Waals surface area contributed by atoms with Gasteiger partial charge in [0, 0.05) is 12.4 Å². The molecule has 1 fully saturated rings. The molecular weight excluding hydrogens is 142 g/mol. The molecule has 2 heterocycles. The Balaban J connectivity index is 2.32. The van der Waals surface area contributed by atoms with E-state index in [9.17, 15) is 4.79 Å². The van der Waals surface area contributed by atoms with Gasteiger partial charge in [-0.05, 0) is 11.6 Å². The highest BCUT2D eigenvalue weighted by atomic mass is 16.5. The van der Waals surface area contributed by atoms with Gasteiger partial charge in [-0.25, -0.2) is 0 Å². The largest absolute Gasteiger partial charge is 0.378 e. The molecule has 0 amide bonds. The van der Waals surface area contributed by atoms with E-state index in [4.69, 9.17) is 4.74 Å². The van der Waals surface area contributed by atoms with Crippen molar-refractivity contribution in [1.82, 2.24) is 4.98 Å². The summed E-state index contributed by atoms with van der Waals surface area (Å²) < 4.78 is 5.01. The van der Waals surface area contributed by atoms with Crippen molar-refractivity contribution in [3.05, 3.63) is 24.0 Å². The molecule has 0 bridgehead atoms. The van der Waals surface area contributed by atoms with E-state index >= 15 is 0 Å². The second-order valence-corrected chi connectivity index (χ2v) is 2.87. The molecule has 58 valence electrons. The summed E-state index contributed by atoms with van der Waals surface area (Å²) in [5.41, 5.74) is 0.679. The third kappa shape index (κ3) is 0.811. The fourth-order valence-corrected chi connectivity index (χ4v) is 1.26. The minimum Gasteiger partial charge on any atom is -0.378 e. The number of aldehydes is 1. The molecule has 0 saturated carbocycles. The molecule has 0 atom stereocenters. The minimum atomic E-state index is -0.347. The van der Waals surface area contributed by atoms with Gasteiger partial charge in [-0.1, -0.05) is 0 Å². The Bertz CT molecular complexity index is 249. The zero-order valence-corrected chi connectivity index (χ0v) is 6.04. The fraction of sp³-hybridized carbons (Fsp3) is 0.375. The van der Waals surface area contributed by atoms with Gasteiger partial charge in [0.1, 0.15) is 6.29 Å². The molecule has 1 aromatic rings. The summed E-state index contributed by atoms with van der Waals surface area (Å²) in [6.07, 6.45) is 4.63. The molecule has 1 N–H and O–H groups in total. The van der Waals surface area contributed by atoms with Gasteiger partial charge in [-0.15, -0.1) is 0 Å². The molecule has 2 rings (SSSR count). The van der Waals surface area contributed by atoms with Crippen LogP contribution in [0.1, 0.15) is 5.56 Å². The number of ether oxygens (including phenoxy) is 1. The van der Waals surface area contributed by atoms with E-state index in [0.717, 1.165) is 11.8 Å². The van der Waals surface area contributed by atoms with Crippen molar-refractivity contribution < 1.29 is 9.53 Å². The molecule has 0 aliphatic carbocycles. The number of hydrogen-bond donors (Lipinski definition) is 1. The molecule has 11 heavy (non-hydrogen) atoms. The molecule has 1 saturated heterocycles. The average molecular weight is 151 g/mol. The van der Waals surface area contributed by atoms with E-state index < -0.39 is 0 Å². The van der Waals surface area contributed by atoms with Gasteiger partial charge in [-0.3, -0.25) is 0 Å². The lowest BCUT2D eigenvalue weighted by atomic mass is 9.82. The van der Waals surface area contributed by atoms with Crippen LogP contribution in [0.4, 0.5) is 0 Å². The van der Waals surface area contributed by atoms with E-state index in [-0.39, 0.29) is 5.41 Å². The number of aromatic amines is 1. The number of rotatable bonds is 2. The van der Waals surface area contributed by atoms with Crippen LogP contribution < -0.4 is 0 Å². The number of aromatic nitrogens is 1. The standard InChI is InChI=1S/C8H9NO2/c10-4-8(5-11-6-8)7-1-2-9-3-7/h1-4,9H,5-6H2. The molecule has 1 aliphatic heterocycles. The third-order valence-corrected chi connectivity index (χ3v) is 2.12. The number of H-pyrrole nitrogens is 1. The average Bonchev–Trinajstić information content (AvgIpc) is 2.39. The van der Waals surface area contributed by atoms with Gasteiger partial charge in [0.15, 0.2) is 0 Å². The maximum atomic E-state index is 10.7. The van der Waals surface area contributed by atoms with Gasteiger partial charge in [0.05, 0.1) is 18.6 Å². The van der Waals surface area contributed by atoms with Crippen LogP contribution in [-0.4, -0.2) is 24.5 Å². The van der Waals surface area contributed by atoms with Crippen molar-refractivity contribution in [2.24, 2.45) is 0 Å². The van der Waals surface area contributed by atoms with Crippen LogP contribution in [-0.2, 0) is 14.9 Å². The Morgan fingerprint density at radius 3 is 2.82 bits per heavy atom. The predicted octanol–water partition coefficient (Wildman–Crippen LogP) is 0.482. The normalized spacial score (nSPS) is 20.7.